The molecule has 0 saturated heterocycles. The van der Waals surface area contributed by atoms with Gasteiger partial charge in [-0.2, -0.15) is 0 Å². The summed E-state index contributed by atoms with van der Waals surface area (Å²) in [5.41, 5.74) is -0.843. The van der Waals surface area contributed by atoms with Gasteiger partial charge in [-0.05, 0) is 39.3 Å². The van der Waals surface area contributed by atoms with Crippen molar-refractivity contribution in [3.05, 3.63) is 0 Å². The van der Waals surface area contributed by atoms with Gasteiger partial charge in [0.1, 0.15) is 5.54 Å². The molecule has 126 valence electrons. The third kappa shape index (κ3) is 9.03. The van der Waals surface area contributed by atoms with Crippen molar-refractivity contribution in [1.29, 1.82) is 0 Å². The first-order valence-corrected chi connectivity index (χ1v) is 7.68. The zero-order valence-corrected chi connectivity index (χ0v) is 14.0. The van der Waals surface area contributed by atoms with Crippen molar-refractivity contribution in [2.75, 3.05) is 53.6 Å². The lowest BCUT2D eigenvalue weighted by Gasteiger charge is -2.28. The Morgan fingerprint density at radius 3 is 2.19 bits per heavy atom. The van der Waals surface area contributed by atoms with Crippen LogP contribution in [0.5, 0.6) is 0 Å². The lowest BCUT2D eigenvalue weighted by Crippen LogP contribution is -2.50. The molecule has 0 aliphatic carbocycles. The maximum absolute atomic E-state index is 11.4. The van der Waals surface area contributed by atoms with Gasteiger partial charge in [0.05, 0.1) is 13.2 Å². The maximum Gasteiger partial charge on any atom is 0.323 e. The minimum atomic E-state index is -0.843. The molecule has 0 aromatic rings. The van der Waals surface area contributed by atoms with E-state index in [1.165, 1.54) is 0 Å². The quantitative estimate of drug-likeness (QED) is 0.502. The number of carbonyl (C=O) groups is 1. The Morgan fingerprint density at radius 1 is 1.19 bits per heavy atom. The average molecular weight is 304 g/mol. The van der Waals surface area contributed by atoms with Gasteiger partial charge >= 0.3 is 5.97 Å². The number of nitrogens with one attached hydrogen (secondary N) is 1. The Labute approximate surface area is 128 Å². The molecule has 0 fully saturated rings. The van der Waals surface area contributed by atoms with Crippen LogP contribution in [0.3, 0.4) is 0 Å². The molecule has 0 bridgehead atoms. The van der Waals surface area contributed by atoms with Crippen LogP contribution < -0.4 is 5.32 Å². The summed E-state index contributed by atoms with van der Waals surface area (Å²) in [6, 6.07) is 0. The summed E-state index contributed by atoms with van der Waals surface area (Å²) in [6.07, 6.45) is 2.36. The van der Waals surface area contributed by atoms with Crippen LogP contribution in [0.2, 0.25) is 0 Å². The van der Waals surface area contributed by atoms with E-state index in [0.29, 0.717) is 19.6 Å². The molecule has 0 aliphatic heterocycles. The molecule has 21 heavy (non-hydrogen) atoms. The molecular weight excluding hydrogens is 272 g/mol. The summed E-state index contributed by atoms with van der Waals surface area (Å²) in [4.78, 5) is 13.7. The minimum absolute atomic E-state index is 0.610. The number of hydrogen-bond acceptors (Lipinski definition) is 5. The largest absolute Gasteiger partial charge is 0.480 e. The van der Waals surface area contributed by atoms with Crippen molar-refractivity contribution >= 4 is 5.97 Å². The summed E-state index contributed by atoms with van der Waals surface area (Å²) in [5, 5.41) is 12.5. The third-order valence-corrected chi connectivity index (χ3v) is 3.61. The highest BCUT2D eigenvalue weighted by atomic mass is 16.5. The van der Waals surface area contributed by atoms with Crippen LogP contribution in [0.25, 0.3) is 0 Å². The highest BCUT2D eigenvalue weighted by Crippen LogP contribution is 2.13. The zero-order valence-electron chi connectivity index (χ0n) is 14.0. The van der Waals surface area contributed by atoms with E-state index in [-0.39, 0.29) is 0 Å². The Bertz CT molecular complexity index is 268. The van der Waals surface area contributed by atoms with Crippen molar-refractivity contribution in [1.82, 2.24) is 10.2 Å². The number of rotatable bonds is 14. The SMILES string of the molecule is CCCNC(C)(CCCN(CCOC)CCOC)C(=O)O. The first kappa shape index (κ1) is 20.3. The van der Waals surface area contributed by atoms with Crippen LogP contribution in [-0.2, 0) is 14.3 Å². The van der Waals surface area contributed by atoms with E-state index in [2.05, 4.69) is 10.2 Å². The van der Waals surface area contributed by atoms with Crippen molar-refractivity contribution in [2.45, 2.75) is 38.6 Å². The van der Waals surface area contributed by atoms with Gasteiger partial charge in [0.25, 0.3) is 0 Å². The fourth-order valence-corrected chi connectivity index (χ4v) is 2.10. The van der Waals surface area contributed by atoms with Gasteiger partial charge in [0.15, 0.2) is 0 Å². The predicted molar refractivity (Wildman–Crippen MR) is 83.8 cm³/mol. The molecule has 6 heteroatoms. The van der Waals surface area contributed by atoms with Crippen molar-refractivity contribution in [3.8, 4) is 0 Å². The molecule has 1 unspecified atom stereocenters. The molecule has 0 heterocycles. The summed E-state index contributed by atoms with van der Waals surface area (Å²) in [7, 11) is 3.37. The van der Waals surface area contributed by atoms with E-state index in [9.17, 15) is 9.90 Å². The number of nitrogens with zero attached hydrogens (tertiary/aromatic N) is 1. The number of carboxylic acids is 1. The van der Waals surface area contributed by atoms with Crippen molar-refractivity contribution in [2.24, 2.45) is 0 Å². The summed E-state index contributed by atoms with van der Waals surface area (Å²) < 4.78 is 10.2. The summed E-state index contributed by atoms with van der Waals surface area (Å²) in [6.45, 7) is 8.40. The molecule has 2 N–H and O–H groups in total. The van der Waals surface area contributed by atoms with Gasteiger partial charge < -0.3 is 19.9 Å². The monoisotopic (exact) mass is 304 g/mol. The molecule has 0 rings (SSSR count). The maximum atomic E-state index is 11.4. The van der Waals surface area contributed by atoms with Gasteiger partial charge in [0.2, 0.25) is 0 Å². The highest BCUT2D eigenvalue weighted by Gasteiger charge is 2.31. The highest BCUT2D eigenvalue weighted by molar-refractivity contribution is 5.78. The van der Waals surface area contributed by atoms with Gasteiger partial charge in [-0.15, -0.1) is 0 Å². The lowest BCUT2D eigenvalue weighted by atomic mass is 9.95. The first-order valence-electron chi connectivity index (χ1n) is 7.68. The smallest absolute Gasteiger partial charge is 0.323 e. The second-order valence-electron chi connectivity index (χ2n) is 5.49. The normalized spacial score (nSPS) is 14.3. The minimum Gasteiger partial charge on any atom is -0.480 e. The molecule has 0 aromatic heterocycles. The van der Waals surface area contributed by atoms with E-state index in [1.54, 1.807) is 21.1 Å². The number of ether oxygens (including phenoxy) is 2. The van der Waals surface area contributed by atoms with Gasteiger partial charge in [-0.1, -0.05) is 6.92 Å². The van der Waals surface area contributed by atoms with Crippen molar-refractivity contribution in [3.63, 3.8) is 0 Å². The number of methoxy groups -OCH3 is 2. The van der Waals surface area contributed by atoms with Crippen LogP contribution in [0.1, 0.15) is 33.1 Å². The van der Waals surface area contributed by atoms with Gasteiger partial charge in [-0.25, -0.2) is 0 Å². The van der Waals surface area contributed by atoms with Crippen LogP contribution in [0.4, 0.5) is 0 Å². The van der Waals surface area contributed by atoms with Crippen LogP contribution >= 0.6 is 0 Å². The summed E-state index contributed by atoms with van der Waals surface area (Å²) in [5.74, 6) is -0.781. The molecule has 0 radical (unpaired) electrons. The van der Waals surface area contributed by atoms with Crippen LogP contribution in [-0.4, -0.2) is 75.1 Å². The average Bonchev–Trinajstić information content (AvgIpc) is 2.47. The molecule has 0 amide bonds. The van der Waals surface area contributed by atoms with E-state index < -0.39 is 11.5 Å². The van der Waals surface area contributed by atoms with Crippen LogP contribution in [0, 0.1) is 0 Å². The molecule has 0 aromatic carbocycles. The fraction of sp³-hybridized carbons (Fsp3) is 0.933. The predicted octanol–water partition coefficient (Wildman–Crippen LogP) is 1.20. The number of aliphatic carboxylic acids is 1. The Morgan fingerprint density at radius 2 is 1.76 bits per heavy atom. The van der Waals surface area contributed by atoms with E-state index in [1.807, 2.05) is 6.92 Å². The molecular formula is C15H32N2O4. The fourth-order valence-electron chi connectivity index (χ4n) is 2.10. The van der Waals surface area contributed by atoms with Crippen molar-refractivity contribution < 1.29 is 19.4 Å². The number of hydrogen-bond donors (Lipinski definition) is 2. The second-order valence-corrected chi connectivity index (χ2v) is 5.49. The molecule has 0 saturated carbocycles. The molecule has 1 atom stereocenters. The Kier molecular flexibility index (Phi) is 11.5. The van der Waals surface area contributed by atoms with Crippen LogP contribution in [0.15, 0.2) is 0 Å². The molecule has 0 aliphatic rings. The van der Waals surface area contributed by atoms with Gasteiger partial charge in [-0.3, -0.25) is 9.69 Å². The zero-order chi connectivity index (χ0) is 16.1. The van der Waals surface area contributed by atoms with E-state index in [0.717, 1.165) is 39.0 Å². The molecule has 6 nitrogen and oxygen atoms in total. The number of carboxylic acid groups (broad SMARTS) is 1. The second kappa shape index (κ2) is 11.9. The summed E-state index contributed by atoms with van der Waals surface area (Å²) >= 11 is 0. The van der Waals surface area contributed by atoms with E-state index in [4.69, 9.17) is 9.47 Å². The Balaban J connectivity index is 4.25. The standard InChI is InChI=1S/C15H32N2O4/c1-5-8-16-15(2,14(18)19)7-6-9-17(10-12-20-3)11-13-21-4/h16H,5-13H2,1-4H3,(H,18,19). The first-order chi connectivity index (χ1) is 10.00. The van der Waals surface area contributed by atoms with E-state index >= 15 is 0 Å². The third-order valence-electron chi connectivity index (χ3n) is 3.61. The molecule has 0 spiro atoms. The topological polar surface area (TPSA) is 71.0 Å². The lowest BCUT2D eigenvalue weighted by molar-refractivity contribution is -0.144. The van der Waals surface area contributed by atoms with Gasteiger partial charge in [0, 0.05) is 27.3 Å². The Hall–Kier alpha value is -0.690.